The average molecular weight is 311 g/mol. The van der Waals surface area contributed by atoms with Crippen LogP contribution in [0.3, 0.4) is 0 Å². The number of hydrogen-bond donors (Lipinski definition) is 2. The largest absolute Gasteiger partial charge is 0.481 e. The molecule has 1 amide bonds. The number of nitrogens with two attached hydrogens (primary N) is 1. The zero-order valence-electron chi connectivity index (χ0n) is 12.1. The van der Waals surface area contributed by atoms with Gasteiger partial charge >= 0.3 is 5.97 Å². The first kappa shape index (κ1) is 15.6. The minimum atomic E-state index is -0.764. The molecule has 1 fully saturated rings. The molecule has 6 heteroatoms. The van der Waals surface area contributed by atoms with E-state index >= 15 is 0 Å². The highest BCUT2D eigenvalue weighted by atomic mass is 35.5. The summed E-state index contributed by atoms with van der Waals surface area (Å²) < 4.78 is 0. The molecule has 1 aliphatic rings. The minimum Gasteiger partial charge on any atom is -0.481 e. The van der Waals surface area contributed by atoms with E-state index in [1.807, 2.05) is 18.7 Å². The highest BCUT2D eigenvalue weighted by molar-refractivity contribution is 6.34. The second kappa shape index (κ2) is 5.56. The lowest BCUT2D eigenvalue weighted by molar-refractivity contribution is -0.150. The van der Waals surface area contributed by atoms with Crippen LogP contribution < -0.4 is 10.6 Å². The van der Waals surface area contributed by atoms with Crippen LogP contribution in [0.2, 0.25) is 5.02 Å². The molecule has 1 unspecified atom stereocenters. The zero-order chi connectivity index (χ0) is 15.8. The van der Waals surface area contributed by atoms with Crippen LogP contribution in [-0.2, 0) is 4.79 Å². The van der Waals surface area contributed by atoms with Crippen molar-refractivity contribution in [1.82, 2.24) is 0 Å². The minimum absolute atomic E-state index is 0.0420. The summed E-state index contributed by atoms with van der Waals surface area (Å²) in [7, 11) is 0. The summed E-state index contributed by atoms with van der Waals surface area (Å²) >= 11 is 6.06. The van der Waals surface area contributed by atoms with Gasteiger partial charge in [0.15, 0.2) is 0 Å². The number of aliphatic carboxylic acids is 1. The van der Waals surface area contributed by atoms with Crippen LogP contribution in [-0.4, -0.2) is 30.1 Å². The Kier molecular flexibility index (Phi) is 4.14. The fourth-order valence-electron chi connectivity index (χ4n) is 2.85. The lowest BCUT2D eigenvalue weighted by atomic mass is 9.76. The predicted octanol–water partition coefficient (Wildman–Crippen LogP) is 2.38. The van der Waals surface area contributed by atoms with Gasteiger partial charge < -0.3 is 15.7 Å². The second-order valence-electron chi connectivity index (χ2n) is 5.82. The Balaban J connectivity index is 2.28. The first-order valence-electron chi connectivity index (χ1n) is 6.85. The van der Waals surface area contributed by atoms with Gasteiger partial charge in [-0.25, -0.2) is 0 Å². The summed E-state index contributed by atoms with van der Waals surface area (Å²) in [5, 5.41) is 9.85. The number of carboxylic acids is 1. The van der Waals surface area contributed by atoms with E-state index in [2.05, 4.69) is 0 Å². The van der Waals surface area contributed by atoms with E-state index in [0.29, 0.717) is 19.5 Å². The van der Waals surface area contributed by atoms with Crippen molar-refractivity contribution in [3.05, 3.63) is 28.8 Å². The highest BCUT2D eigenvalue weighted by Crippen LogP contribution is 2.40. The number of nitrogens with zero attached hydrogens (tertiary/aromatic N) is 1. The Morgan fingerprint density at radius 2 is 2.10 bits per heavy atom. The van der Waals surface area contributed by atoms with Crippen LogP contribution in [0.1, 0.15) is 30.6 Å². The van der Waals surface area contributed by atoms with Crippen molar-refractivity contribution in [3.63, 3.8) is 0 Å². The molecule has 0 aromatic heterocycles. The fraction of sp³-hybridized carbons (Fsp3) is 0.467. The van der Waals surface area contributed by atoms with E-state index in [1.54, 1.807) is 18.2 Å². The highest BCUT2D eigenvalue weighted by Gasteiger charge is 2.47. The molecule has 1 aromatic rings. The molecule has 0 radical (unpaired) electrons. The quantitative estimate of drug-likeness (QED) is 0.894. The maximum atomic E-state index is 11.6. The molecule has 1 aromatic carbocycles. The molecule has 21 heavy (non-hydrogen) atoms. The van der Waals surface area contributed by atoms with Gasteiger partial charge in [0, 0.05) is 18.8 Å². The molecule has 2 rings (SSSR count). The van der Waals surface area contributed by atoms with Gasteiger partial charge in [-0.1, -0.05) is 25.4 Å². The lowest BCUT2D eigenvalue weighted by Crippen LogP contribution is -2.39. The number of carboxylic acid groups (broad SMARTS) is 1. The molecule has 1 atom stereocenters. The molecule has 5 nitrogen and oxygen atoms in total. The van der Waals surface area contributed by atoms with Crippen molar-refractivity contribution in [2.45, 2.75) is 20.3 Å². The molecule has 0 aliphatic carbocycles. The molecular weight excluding hydrogens is 292 g/mol. The van der Waals surface area contributed by atoms with Gasteiger partial charge in [-0.2, -0.15) is 0 Å². The number of benzene rings is 1. The van der Waals surface area contributed by atoms with Crippen molar-refractivity contribution >= 4 is 29.2 Å². The maximum Gasteiger partial charge on any atom is 0.311 e. The van der Waals surface area contributed by atoms with Crippen molar-refractivity contribution in [1.29, 1.82) is 0 Å². The first-order valence-corrected chi connectivity index (χ1v) is 7.23. The van der Waals surface area contributed by atoms with Gasteiger partial charge in [0.25, 0.3) is 0 Å². The topological polar surface area (TPSA) is 83.6 Å². The van der Waals surface area contributed by atoms with Crippen molar-refractivity contribution in [2.75, 3.05) is 18.0 Å². The van der Waals surface area contributed by atoms with Crippen LogP contribution in [0.4, 0.5) is 5.69 Å². The number of rotatable bonds is 4. The average Bonchev–Trinajstić information content (AvgIpc) is 2.84. The SMILES string of the molecule is CC(C)C1(C(=O)O)CCN(c2ccc(C(N)=O)c(Cl)c2)C1. The smallest absolute Gasteiger partial charge is 0.311 e. The van der Waals surface area contributed by atoms with Gasteiger partial charge in [0.05, 0.1) is 16.0 Å². The number of hydrogen-bond acceptors (Lipinski definition) is 3. The Bertz CT molecular complexity index is 588. The summed E-state index contributed by atoms with van der Waals surface area (Å²) in [4.78, 5) is 24.8. The Morgan fingerprint density at radius 1 is 1.43 bits per heavy atom. The molecule has 1 heterocycles. The molecule has 1 aliphatic heterocycles. The summed E-state index contributed by atoms with van der Waals surface area (Å²) in [6.45, 7) is 4.95. The standard InChI is InChI=1S/C15H19ClN2O3/c1-9(2)15(14(20)21)5-6-18(8-15)10-3-4-11(13(17)19)12(16)7-10/h3-4,7,9H,5-6,8H2,1-2H3,(H2,17,19)(H,20,21). The van der Waals surface area contributed by atoms with Crippen LogP contribution in [0, 0.1) is 11.3 Å². The number of primary amides is 1. The summed E-state index contributed by atoms with van der Waals surface area (Å²) in [6.07, 6.45) is 0.592. The monoisotopic (exact) mass is 310 g/mol. The van der Waals surface area contributed by atoms with E-state index in [4.69, 9.17) is 17.3 Å². The fourth-order valence-corrected chi connectivity index (χ4v) is 3.11. The Hall–Kier alpha value is -1.75. The number of carbonyl (C=O) groups is 2. The van der Waals surface area contributed by atoms with Crippen LogP contribution in [0.5, 0.6) is 0 Å². The molecule has 3 N–H and O–H groups in total. The second-order valence-corrected chi connectivity index (χ2v) is 6.22. The number of amides is 1. The predicted molar refractivity (Wildman–Crippen MR) is 81.7 cm³/mol. The van der Waals surface area contributed by atoms with E-state index < -0.39 is 17.3 Å². The van der Waals surface area contributed by atoms with Gasteiger partial charge in [0.2, 0.25) is 5.91 Å². The zero-order valence-corrected chi connectivity index (χ0v) is 12.9. The third-order valence-corrected chi connectivity index (χ3v) is 4.73. The van der Waals surface area contributed by atoms with Gasteiger partial charge in [-0.05, 0) is 30.5 Å². The summed E-state index contributed by atoms with van der Waals surface area (Å²) in [6, 6.07) is 5.00. The number of anilines is 1. The van der Waals surface area contributed by atoms with Crippen LogP contribution in [0.15, 0.2) is 18.2 Å². The molecular formula is C15H19ClN2O3. The van der Waals surface area contributed by atoms with Crippen LogP contribution >= 0.6 is 11.6 Å². The van der Waals surface area contributed by atoms with E-state index in [0.717, 1.165) is 5.69 Å². The van der Waals surface area contributed by atoms with E-state index in [-0.39, 0.29) is 16.5 Å². The van der Waals surface area contributed by atoms with E-state index in [9.17, 15) is 14.7 Å². The molecule has 0 spiro atoms. The first-order chi connectivity index (χ1) is 9.78. The summed E-state index contributed by atoms with van der Waals surface area (Å²) in [5.41, 5.74) is 5.57. The van der Waals surface area contributed by atoms with E-state index in [1.165, 1.54) is 0 Å². The van der Waals surface area contributed by atoms with Crippen molar-refractivity contribution in [2.24, 2.45) is 17.1 Å². The number of carbonyl (C=O) groups excluding carboxylic acids is 1. The van der Waals surface area contributed by atoms with Gasteiger partial charge in [-0.3, -0.25) is 9.59 Å². The third-order valence-electron chi connectivity index (χ3n) is 4.42. The molecule has 0 saturated carbocycles. The number of halogens is 1. The van der Waals surface area contributed by atoms with Gasteiger partial charge in [0.1, 0.15) is 0 Å². The molecule has 114 valence electrons. The van der Waals surface area contributed by atoms with Crippen molar-refractivity contribution < 1.29 is 14.7 Å². The Morgan fingerprint density at radius 3 is 2.52 bits per heavy atom. The maximum absolute atomic E-state index is 11.6. The van der Waals surface area contributed by atoms with Crippen molar-refractivity contribution in [3.8, 4) is 0 Å². The molecule has 1 saturated heterocycles. The Labute approximate surface area is 128 Å². The third kappa shape index (κ3) is 2.70. The summed E-state index contributed by atoms with van der Waals surface area (Å²) in [5.74, 6) is -1.30. The normalized spacial score (nSPS) is 21.8. The lowest BCUT2D eigenvalue weighted by Gasteiger charge is -2.29. The van der Waals surface area contributed by atoms with Crippen LogP contribution in [0.25, 0.3) is 0 Å². The van der Waals surface area contributed by atoms with Gasteiger partial charge in [-0.15, -0.1) is 0 Å². The molecule has 0 bridgehead atoms.